The van der Waals surface area contributed by atoms with Gasteiger partial charge in [-0.3, -0.25) is 14.9 Å². The van der Waals surface area contributed by atoms with Gasteiger partial charge in [-0.05, 0) is 42.4 Å². The van der Waals surface area contributed by atoms with Crippen molar-refractivity contribution in [3.63, 3.8) is 0 Å². The smallest absolute Gasteiger partial charge is 0.293 e. The third-order valence-electron chi connectivity index (χ3n) is 5.50. The Kier molecular flexibility index (Phi) is 7.02. The number of piperazine rings is 1. The van der Waals surface area contributed by atoms with Crippen LogP contribution in [0.1, 0.15) is 22.8 Å². The molecule has 0 bridgehead atoms. The van der Waals surface area contributed by atoms with E-state index in [0.717, 1.165) is 32.7 Å². The second-order valence-electron chi connectivity index (χ2n) is 7.68. The number of likely N-dealkylation sites (N-methyl/N-ethyl adjacent to an activating group) is 1. The molecule has 2 aromatic carbocycles. The predicted molar refractivity (Wildman–Crippen MR) is 122 cm³/mol. The molecule has 1 aliphatic heterocycles. The van der Waals surface area contributed by atoms with Gasteiger partial charge in [0.1, 0.15) is 11.5 Å². The van der Waals surface area contributed by atoms with E-state index in [1.807, 2.05) is 4.90 Å². The summed E-state index contributed by atoms with van der Waals surface area (Å²) in [5, 5.41) is 11.3. The molecule has 1 fully saturated rings. The summed E-state index contributed by atoms with van der Waals surface area (Å²) in [4.78, 5) is 29.3. The zero-order valence-corrected chi connectivity index (χ0v) is 18.0. The van der Waals surface area contributed by atoms with Gasteiger partial charge in [0.05, 0.1) is 10.6 Å². The fraction of sp³-hybridized carbons (Fsp3) is 0.348. The molecule has 0 spiro atoms. The summed E-state index contributed by atoms with van der Waals surface area (Å²) in [6.07, 6.45) is 2.81. The van der Waals surface area contributed by atoms with Crippen LogP contribution < -0.4 is 9.80 Å². The van der Waals surface area contributed by atoms with E-state index < -0.39 is 10.7 Å². The van der Waals surface area contributed by atoms with E-state index in [0.29, 0.717) is 16.9 Å². The molecule has 0 saturated carbocycles. The van der Waals surface area contributed by atoms with Crippen molar-refractivity contribution in [3.8, 4) is 0 Å². The Bertz CT molecular complexity index is 998. The van der Waals surface area contributed by atoms with E-state index in [1.165, 1.54) is 24.3 Å². The fourth-order valence-electron chi connectivity index (χ4n) is 3.66. The first-order chi connectivity index (χ1) is 14.8. The van der Waals surface area contributed by atoms with Gasteiger partial charge in [-0.25, -0.2) is 4.39 Å². The topological polar surface area (TPSA) is 69.9 Å². The number of halogens is 1. The van der Waals surface area contributed by atoms with Crippen LogP contribution in [0.3, 0.4) is 0 Å². The molecule has 8 heteroatoms. The lowest BCUT2D eigenvalue weighted by atomic mass is 10.1. The molecule has 3 rings (SSSR count). The van der Waals surface area contributed by atoms with Gasteiger partial charge in [-0.1, -0.05) is 19.1 Å². The van der Waals surface area contributed by atoms with Gasteiger partial charge in [0.25, 0.3) is 5.69 Å². The molecule has 0 unspecified atom stereocenters. The number of carbonyl (C=O) groups excluding carboxylic acids is 1. The summed E-state index contributed by atoms with van der Waals surface area (Å²) in [7, 11) is 3.45. The van der Waals surface area contributed by atoms with E-state index in [9.17, 15) is 19.3 Å². The van der Waals surface area contributed by atoms with Gasteiger partial charge in [0.2, 0.25) is 0 Å². The molecule has 0 amide bonds. The summed E-state index contributed by atoms with van der Waals surface area (Å²) in [5.74, 6) is -0.782. The van der Waals surface area contributed by atoms with E-state index in [1.54, 1.807) is 43.3 Å². The molecule has 2 aromatic rings. The Morgan fingerprint density at radius 3 is 2.45 bits per heavy atom. The Balaban J connectivity index is 1.73. The molecule has 0 atom stereocenters. The minimum absolute atomic E-state index is 0.0434. The van der Waals surface area contributed by atoms with Gasteiger partial charge in [-0.15, -0.1) is 0 Å². The van der Waals surface area contributed by atoms with Gasteiger partial charge in [0.15, 0.2) is 5.78 Å². The van der Waals surface area contributed by atoms with Crippen LogP contribution in [0.2, 0.25) is 0 Å². The van der Waals surface area contributed by atoms with Crippen LogP contribution in [-0.4, -0.2) is 62.4 Å². The maximum atomic E-state index is 14.7. The lowest BCUT2D eigenvalue weighted by molar-refractivity contribution is -0.384. The summed E-state index contributed by atoms with van der Waals surface area (Å²) < 4.78 is 14.7. The number of nitrogens with zero attached hydrogens (tertiary/aromatic N) is 4. The van der Waals surface area contributed by atoms with Crippen molar-refractivity contribution >= 4 is 28.9 Å². The number of carbonyl (C=O) groups is 1. The highest BCUT2D eigenvalue weighted by Crippen LogP contribution is 2.28. The van der Waals surface area contributed by atoms with Crippen LogP contribution in [0.15, 0.2) is 42.5 Å². The first kappa shape index (κ1) is 22.4. The third kappa shape index (κ3) is 5.27. The van der Waals surface area contributed by atoms with Crippen LogP contribution in [0.5, 0.6) is 0 Å². The Hall–Kier alpha value is -3.26. The number of benzene rings is 2. The number of ketones is 1. The Morgan fingerprint density at radius 2 is 1.87 bits per heavy atom. The largest absolute Gasteiger partial charge is 0.372 e. The van der Waals surface area contributed by atoms with Crippen LogP contribution in [0, 0.1) is 15.9 Å². The number of hydrogen-bond donors (Lipinski definition) is 0. The van der Waals surface area contributed by atoms with Crippen molar-refractivity contribution in [3.05, 3.63) is 69.5 Å². The number of nitro benzene ring substituents is 1. The molecule has 31 heavy (non-hydrogen) atoms. The zero-order valence-electron chi connectivity index (χ0n) is 18.0. The van der Waals surface area contributed by atoms with Crippen LogP contribution in [0.4, 0.5) is 21.5 Å². The standard InChI is InChI=1S/C23H27FN4O3/c1-4-26-11-13-27(14-12-26)20-9-7-18(16-19(20)24)23(29)10-6-17-5-8-21(25(2)3)22(15-17)28(30)31/h5-10,15-16H,4,11-14H2,1-3H3/b10-6+. The normalized spacial score (nSPS) is 14.8. The van der Waals surface area contributed by atoms with E-state index in [2.05, 4.69) is 11.8 Å². The van der Waals surface area contributed by atoms with Crippen molar-refractivity contribution in [1.82, 2.24) is 4.90 Å². The maximum absolute atomic E-state index is 14.7. The van der Waals surface area contributed by atoms with Crippen molar-refractivity contribution in [2.45, 2.75) is 6.92 Å². The molecule has 7 nitrogen and oxygen atoms in total. The second-order valence-corrected chi connectivity index (χ2v) is 7.68. The highest BCUT2D eigenvalue weighted by molar-refractivity contribution is 6.07. The van der Waals surface area contributed by atoms with Gasteiger partial charge < -0.3 is 14.7 Å². The zero-order chi connectivity index (χ0) is 22.5. The Labute approximate surface area is 181 Å². The second kappa shape index (κ2) is 9.70. The van der Waals surface area contributed by atoms with Crippen LogP contribution in [-0.2, 0) is 0 Å². The molecular weight excluding hydrogens is 399 g/mol. The number of nitro groups is 1. The molecular formula is C23H27FN4O3. The Morgan fingerprint density at radius 1 is 1.16 bits per heavy atom. The number of allylic oxidation sites excluding steroid dienone is 1. The van der Waals surface area contributed by atoms with Crippen molar-refractivity contribution < 1.29 is 14.1 Å². The summed E-state index contributed by atoms with van der Waals surface area (Å²) in [6.45, 7) is 6.37. The maximum Gasteiger partial charge on any atom is 0.293 e. The minimum Gasteiger partial charge on any atom is -0.372 e. The van der Waals surface area contributed by atoms with E-state index >= 15 is 0 Å². The predicted octanol–water partition coefficient (Wildman–Crippen LogP) is 3.84. The molecule has 0 N–H and O–H groups in total. The first-order valence-electron chi connectivity index (χ1n) is 10.2. The van der Waals surface area contributed by atoms with Gasteiger partial charge in [0, 0.05) is 51.9 Å². The average molecular weight is 426 g/mol. The first-order valence-corrected chi connectivity index (χ1v) is 10.2. The molecule has 0 aromatic heterocycles. The number of rotatable bonds is 7. The molecule has 1 saturated heterocycles. The molecule has 0 radical (unpaired) electrons. The van der Waals surface area contributed by atoms with Crippen molar-refractivity contribution in [2.75, 3.05) is 56.6 Å². The highest BCUT2D eigenvalue weighted by atomic mass is 19.1. The SMILES string of the molecule is CCN1CCN(c2ccc(C(=O)/C=C/c3ccc(N(C)C)c([N+](=O)[O-])c3)cc2F)CC1. The fourth-order valence-corrected chi connectivity index (χ4v) is 3.66. The minimum atomic E-state index is -0.455. The summed E-state index contributed by atoms with van der Waals surface area (Å²) in [6, 6.07) is 9.27. The molecule has 0 aliphatic carbocycles. The monoisotopic (exact) mass is 426 g/mol. The lowest BCUT2D eigenvalue weighted by Gasteiger charge is -2.35. The molecule has 1 heterocycles. The van der Waals surface area contributed by atoms with Crippen molar-refractivity contribution in [1.29, 1.82) is 0 Å². The van der Waals surface area contributed by atoms with Gasteiger partial charge >= 0.3 is 0 Å². The lowest BCUT2D eigenvalue weighted by Crippen LogP contribution is -2.46. The summed E-state index contributed by atoms with van der Waals surface area (Å²) in [5.41, 5.74) is 1.70. The quantitative estimate of drug-likeness (QED) is 0.290. The van der Waals surface area contributed by atoms with E-state index in [-0.39, 0.29) is 17.0 Å². The van der Waals surface area contributed by atoms with E-state index in [4.69, 9.17) is 0 Å². The molecule has 1 aliphatic rings. The van der Waals surface area contributed by atoms with Crippen molar-refractivity contribution in [2.24, 2.45) is 0 Å². The van der Waals surface area contributed by atoms with Crippen LogP contribution >= 0.6 is 0 Å². The highest BCUT2D eigenvalue weighted by Gasteiger charge is 2.19. The number of hydrogen-bond acceptors (Lipinski definition) is 6. The summed E-state index contributed by atoms with van der Waals surface area (Å²) >= 11 is 0. The third-order valence-corrected chi connectivity index (χ3v) is 5.50. The number of anilines is 2. The van der Waals surface area contributed by atoms with Gasteiger partial charge in [-0.2, -0.15) is 0 Å². The molecule has 164 valence electrons. The average Bonchev–Trinajstić information content (AvgIpc) is 2.77. The van der Waals surface area contributed by atoms with Crippen LogP contribution in [0.25, 0.3) is 6.08 Å².